The molecule has 1 atom stereocenters. The summed E-state index contributed by atoms with van der Waals surface area (Å²) in [7, 11) is 1.28. The highest BCUT2D eigenvalue weighted by atomic mass is 16.6. The molecule has 2 fully saturated rings. The third-order valence-corrected chi connectivity index (χ3v) is 8.02. The van der Waals surface area contributed by atoms with Crippen LogP contribution in [0.3, 0.4) is 0 Å². The summed E-state index contributed by atoms with van der Waals surface area (Å²) >= 11 is 0. The summed E-state index contributed by atoms with van der Waals surface area (Å²) < 4.78 is 21.8. The highest BCUT2D eigenvalue weighted by Gasteiger charge is 2.54. The molecule has 9 heteroatoms. The van der Waals surface area contributed by atoms with Gasteiger partial charge in [0.05, 0.1) is 19.8 Å². The molecule has 0 aromatic heterocycles. The number of fused-ring (bicyclic) bond motifs is 3. The number of ether oxygens (including phenoxy) is 4. The number of carbonyl (C=O) groups excluding carboxylic acids is 3. The molecule has 2 saturated carbocycles. The lowest BCUT2D eigenvalue weighted by molar-refractivity contribution is -0.152. The quantitative estimate of drug-likeness (QED) is 0.354. The molecule has 214 valence electrons. The minimum Gasteiger partial charge on any atom is -0.467 e. The highest BCUT2D eigenvalue weighted by molar-refractivity contribution is 5.82. The minimum atomic E-state index is -0.972. The third-order valence-electron chi connectivity index (χ3n) is 8.02. The lowest BCUT2D eigenvalue weighted by atomic mass is 9.53. The second-order valence-corrected chi connectivity index (χ2v) is 12.2. The van der Waals surface area contributed by atoms with Gasteiger partial charge in [-0.1, -0.05) is 48.5 Å². The van der Waals surface area contributed by atoms with Crippen molar-refractivity contribution in [3.8, 4) is 11.1 Å². The third kappa shape index (κ3) is 6.09. The average Bonchev–Trinajstić information content (AvgIpc) is 3.18. The van der Waals surface area contributed by atoms with Crippen molar-refractivity contribution in [3.63, 3.8) is 0 Å². The summed E-state index contributed by atoms with van der Waals surface area (Å²) in [4.78, 5) is 37.1. The SMILES string of the molecule is COC(=O)[C@H](COC1CC2(CC(NC(=O)OC(C)(C)C)C2)C1)NC(=O)OCC1c2ccccc2-c2ccccc21. The number of alkyl carbamates (subject to hydrolysis) is 2. The summed E-state index contributed by atoms with van der Waals surface area (Å²) in [5, 5.41) is 5.54. The molecule has 2 N–H and O–H groups in total. The lowest BCUT2D eigenvalue weighted by Crippen LogP contribution is -2.59. The second kappa shape index (κ2) is 11.1. The molecule has 0 saturated heterocycles. The molecule has 2 aromatic rings. The zero-order valence-electron chi connectivity index (χ0n) is 23.5. The van der Waals surface area contributed by atoms with E-state index in [2.05, 4.69) is 34.9 Å². The number of hydrogen-bond donors (Lipinski definition) is 2. The monoisotopic (exact) mass is 550 g/mol. The topological polar surface area (TPSA) is 112 Å². The summed E-state index contributed by atoms with van der Waals surface area (Å²) in [6, 6.07) is 15.3. The van der Waals surface area contributed by atoms with Crippen molar-refractivity contribution in [2.45, 2.75) is 76.2 Å². The second-order valence-electron chi connectivity index (χ2n) is 12.2. The van der Waals surface area contributed by atoms with Gasteiger partial charge >= 0.3 is 18.2 Å². The van der Waals surface area contributed by atoms with Crippen molar-refractivity contribution in [1.29, 1.82) is 0 Å². The van der Waals surface area contributed by atoms with Crippen LogP contribution in [0.15, 0.2) is 48.5 Å². The van der Waals surface area contributed by atoms with E-state index in [1.807, 2.05) is 45.0 Å². The fourth-order valence-corrected chi connectivity index (χ4v) is 6.24. The maximum absolute atomic E-state index is 12.7. The average molecular weight is 551 g/mol. The van der Waals surface area contributed by atoms with E-state index < -0.39 is 23.7 Å². The summed E-state index contributed by atoms with van der Waals surface area (Å²) in [5.74, 6) is -0.666. The van der Waals surface area contributed by atoms with E-state index in [-0.39, 0.29) is 42.8 Å². The van der Waals surface area contributed by atoms with Crippen LogP contribution in [-0.2, 0) is 23.7 Å². The van der Waals surface area contributed by atoms with E-state index in [9.17, 15) is 14.4 Å². The molecule has 2 aromatic carbocycles. The largest absolute Gasteiger partial charge is 0.467 e. The fourth-order valence-electron chi connectivity index (χ4n) is 6.24. The van der Waals surface area contributed by atoms with Gasteiger partial charge in [-0.25, -0.2) is 14.4 Å². The summed E-state index contributed by atoms with van der Waals surface area (Å²) in [5.41, 5.74) is 4.15. The Kier molecular flexibility index (Phi) is 7.77. The van der Waals surface area contributed by atoms with Gasteiger partial charge in [0, 0.05) is 12.0 Å². The molecule has 0 unspecified atom stereocenters. The van der Waals surface area contributed by atoms with Crippen LogP contribution >= 0.6 is 0 Å². The molecule has 0 heterocycles. The Morgan fingerprint density at radius 2 is 1.52 bits per heavy atom. The first kappa shape index (κ1) is 28.0. The maximum atomic E-state index is 12.7. The van der Waals surface area contributed by atoms with E-state index in [1.54, 1.807) is 0 Å². The van der Waals surface area contributed by atoms with Crippen LogP contribution in [0, 0.1) is 5.41 Å². The first-order valence-electron chi connectivity index (χ1n) is 13.9. The van der Waals surface area contributed by atoms with Crippen LogP contribution in [0.2, 0.25) is 0 Å². The fraction of sp³-hybridized carbons (Fsp3) is 0.516. The molecule has 0 radical (unpaired) electrons. The minimum absolute atomic E-state index is 0.00278. The van der Waals surface area contributed by atoms with Crippen molar-refractivity contribution < 1.29 is 33.3 Å². The molecule has 9 nitrogen and oxygen atoms in total. The van der Waals surface area contributed by atoms with Gasteiger partial charge in [0.2, 0.25) is 0 Å². The molecule has 40 heavy (non-hydrogen) atoms. The van der Waals surface area contributed by atoms with Gasteiger partial charge in [0.1, 0.15) is 12.2 Å². The molecule has 3 aliphatic rings. The number of hydrogen-bond acceptors (Lipinski definition) is 7. The van der Waals surface area contributed by atoms with Gasteiger partial charge in [0.25, 0.3) is 0 Å². The highest BCUT2D eigenvalue weighted by Crippen LogP contribution is 2.56. The van der Waals surface area contributed by atoms with Crippen molar-refractivity contribution in [2.24, 2.45) is 5.41 Å². The maximum Gasteiger partial charge on any atom is 0.407 e. The number of methoxy groups -OCH3 is 1. The molecular formula is C31H38N2O7. The number of carbonyl (C=O) groups is 3. The molecule has 2 amide bonds. The van der Waals surface area contributed by atoms with Crippen LogP contribution in [0.5, 0.6) is 0 Å². The molecule has 1 spiro atoms. The van der Waals surface area contributed by atoms with Crippen molar-refractivity contribution in [3.05, 3.63) is 59.7 Å². The normalized spacial score (nSPS) is 23.6. The van der Waals surface area contributed by atoms with Crippen LogP contribution < -0.4 is 10.6 Å². The zero-order chi connectivity index (χ0) is 28.5. The Morgan fingerprint density at radius 1 is 0.925 bits per heavy atom. The predicted molar refractivity (Wildman–Crippen MR) is 148 cm³/mol. The molecular weight excluding hydrogens is 512 g/mol. The van der Waals surface area contributed by atoms with Crippen LogP contribution in [0.25, 0.3) is 11.1 Å². The van der Waals surface area contributed by atoms with Gasteiger partial charge in [-0.15, -0.1) is 0 Å². The summed E-state index contributed by atoms with van der Waals surface area (Å²) in [6.45, 7) is 5.67. The van der Waals surface area contributed by atoms with Gasteiger partial charge in [-0.05, 0) is 74.1 Å². The van der Waals surface area contributed by atoms with E-state index >= 15 is 0 Å². The van der Waals surface area contributed by atoms with Crippen LogP contribution in [0.4, 0.5) is 9.59 Å². The number of nitrogens with one attached hydrogen (secondary N) is 2. The standard InChI is InChI=1S/C31H38N2O7/c1-30(2,3)40-29(36)32-19-13-31(14-19)15-20(16-31)38-18-26(27(34)37-4)33-28(35)39-17-25-23-11-7-5-9-21(23)22-10-6-8-12-24(22)25/h5-12,19-20,25-26H,13-18H2,1-4H3,(H,32,36)(H,33,35)/t19?,20?,26-,31?/m0/s1. The summed E-state index contributed by atoms with van der Waals surface area (Å²) in [6.07, 6.45) is 2.35. The number of rotatable bonds is 8. The number of amides is 2. The Morgan fingerprint density at radius 3 is 2.10 bits per heavy atom. The molecule has 0 bridgehead atoms. The Balaban J connectivity index is 1.07. The zero-order valence-corrected chi connectivity index (χ0v) is 23.5. The lowest BCUT2D eigenvalue weighted by Gasteiger charge is -2.57. The van der Waals surface area contributed by atoms with Crippen LogP contribution in [0.1, 0.15) is 63.5 Å². The number of benzene rings is 2. The molecule has 5 rings (SSSR count). The first-order chi connectivity index (χ1) is 19.1. The number of esters is 1. The smallest absolute Gasteiger partial charge is 0.407 e. The molecule has 3 aliphatic carbocycles. The van der Waals surface area contributed by atoms with Gasteiger partial charge in [-0.3, -0.25) is 0 Å². The van der Waals surface area contributed by atoms with Gasteiger partial charge in [-0.2, -0.15) is 0 Å². The Hall–Kier alpha value is -3.59. The Labute approximate surface area is 234 Å². The predicted octanol–water partition coefficient (Wildman–Crippen LogP) is 4.92. The van der Waals surface area contributed by atoms with Crippen molar-refractivity contribution in [2.75, 3.05) is 20.3 Å². The van der Waals surface area contributed by atoms with Crippen molar-refractivity contribution in [1.82, 2.24) is 10.6 Å². The van der Waals surface area contributed by atoms with Gasteiger partial charge < -0.3 is 29.6 Å². The van der Waals surface area contributed by atoms with E-state index in [1.165, 1.54) is 7.11 Å². The van der Waals surface area contributed by atoms with E-state index in [4.69, 9.17) is 18.9 Å². The van der Waals surface area contributed by atoms with Crippen LogP contribution in [-0.4, -0.2) is 62.3 Å². The van der Waals surface area contributed by atoms with E-state index in [0.29, 0.717) is 0 Å². The Bertz CT molecular complexity index is 1210. The molecule has 0 aliphatic heterocycles. The first-order valence-corrected chi connectivity index (χ1v) is 13.9. The van der Waals surface area contributed by atoms with Crippen molar-refractivity contribution >= 4 is 18.2 Å². The van der Waals surface area contributed by atoms with Gasteiger partial charge in [0.15, 0.2) is 6.04 Å². The van der Waals surface area contributed by atoms with E-state index in [0.717, 1.165) is 47.9 Å².